The highest BCUT2D eigenvalue weighted by atomic mass is 16.6. The number of nitrogens with one attached hydrogen (secondary N) is 1. The molecule has 178 valence electrons. The van der Waals surface area contributed by atoms with Crippen molar-refractivity contribution in [1.29, 1.82) is 0 Å². The average molecular weight is 459 g/mol. The lowest BCUT2D eigenvalue weighted by atomic mass is 10.1. The summed E-state index contributed by atoms with van der Waals surface area (Å²) in [6.45, 7) is 8.16. The van der Waals surface area contributed by atoms with E-state index in [1.165, 1.54) is 0 Å². The molecule has 0 bridgehead atoms. The minimum atomic E-state index is -0.557. The average Bonchev–Trinajstić information content (AvgIpc) is 3.63. The molecule has 0 spiro atoms. The van der Waals surface area contributed by atoms with E-state index in [-0.39, 0.29) is 19.3 Å². The van der Waals surface area contributed by atoms with Gasteiger partial charge in [-0.3, -0.25) is 0 Å². The zero-order valence-electron chi connectivity index (χ0n) is 18.7. The quantitative estimate of drug-likeness (QED) is 0.199. The van der Waals surface area contributed by atoms with E-state index in [1.54, 1.807) is 19.1 Å². The Hall–Kier alpha value is -3.14. The van der Waals surface area contributed by atoms with Crippen molar-refractivity contribution in [2.45, 2.75) is 13.0 Å². The molecule has 1 amide bonds. The number of rotatable bonds is 14. The molecule has 1 unspecified atom stereocenters. The van der Waals surface area contributed by atoms with Gasteiger partial charge in [0.1, 0.15) is 30.8 Å². The Morgan fingerprint density at radius 3 is 2.33 bits per heavy atom. The maximum atomic E-state index is 12.0. The first-order valence-corrected chi connectivity index (χ1v) is 10.7. The van der Waals surface area contributed by atoms with Crippen LogP contribution in [0, 0.1) is 0 Å². The second-order valence-electron chi connectivity index (χ2n) is 7.39. The molecule has 1 heterocycles. The van der Waals surface area contributed by atoms with E-state index in [4.69, 9.17) is 28.4 Å². The number of epoxide rings is 1. The second kappa shape index (κ2) is 12.8. The van der Waals surface area contributed by atoms with Crippen LogP contribution in [-0.4, -0.2) is 71.0 Å². The lowest BCUT2D eigenvalue weighted by Crippen LogP contribution is -2.30. The first kappa shape index (κ1) is 24.5. The maximum absolute atomic E-state index is 12.0. The SMILES string of the molecule is C=C(C)C(=O)OCCOCCOCCNC(=O)Oc1ccc2cc(OCC3CO3)ccc2c1. The van der Waals surface area contributed by atoms with Crippen LogP contribution in [0.2, 0.25) is 0 Å². The lowest BCUT2D eigenvalue weighted by Gasteiger charge is -2.09. The summed E-state index contributed by atoms with van der Waals surface area (Å²) in [6, 6.07) is 11.1. The smallest absolute Gasteiger partial charge is 0.412 e. The number of hydrogen-bond acceptors (Lipinski definition) is 8. The van der Waals surface area contributed by atoms with E-state index >= 15 is 0 Å². The van der Waals surface area contributed by atoms with Crippen molar-refractivity contribution >= 4 is 22.8 Å². The van der Waals surface area contributed by atoms with Crippen LogP contribution in [0.5, 0.6) is 11.5 Å². The summed E-state index contributed by atoms with van der Waals surface area (Å²) in [5.41, 5.74) is 0.351. The van der Waals surface area contributed by atoms with Crippen LogP contribution in [0.4, 0.5) is 4.79 Å². The monoisotopic (exact) mass is 459 g/mol. The van der Waals surface area contributed by atoms with Crippen LogP contribution >= 0.6 is 0 Å². The predicted molar refractivity (Wildman–Crippen MR) is 121 cm³/mol. The number of carbonyl (C=O) groups is 2. The summed E-state index contributed by atoms with van der Waals surface area (Å²) in [5, 5.41) is 4.56. The largest absolute Gasteiger partial charge is 0.491 e. The zero-order valence-corrected chi connectivity index (χ0v) is 18.7. The Balaban J connectivity index is 1.25. The van der Waals surface area contributed by atoms with Gasteiger partial charge in [-0.2, -0.15) is 0 Å². The summed E-state index contributed by atoms with van der Waals surface area (Å²) in [4.78, 5) is 23.2. The topological polar surface area (TPSA) is 105 Å². The van der Waals surface area contributed by atoms with E-state index in [0.717, 1.165) is 23.1 Å². The van der Waals surface area contributed by atoms with Gasteiger partial charge in [0.25, 0.3) is 0 Å². The van der Waals surface area contributed by atoms with Crippen molar-refractivity contribution < 1.29 is 38.0 Å². The molecule has 1 saturated heterocycles. The van der Waals surface area contributed by atoms with Gasteiger partial charge in [0.05, 0.1) is 33.0 Å². The molecule has 0 radical (unpaired) electrons. The Morgan fingerprint density at radius 2 is 1.64 bits per heavy atom. The van der Waals surface area contributed by atoms with E-state index in [9.17, 15) is 9.59 Å². The Morgan fingerprint density at radius 1 is 1.00 bits per heavy atom. The highest BCUT2D eigenvalue weighted by Crippen LogP contribution is 2.25. The number of carbonyl (C=O) groups excluding carboxylic acids is 2. The fraction of sp³-hybridized carbons (Fsp3) is 0.417. The van der Waals surface area contributed by atoms with Gasteiger partial charge in [0.2, 0.25) is 0 Å². The molecule has 0 aliphatic carbocycles. The Bertz CT molecular complexity index is 957. The van der Waals surface area contributed by atoms with Crippen molar-refractivity contribution in [1.82, 2.24) is 5.32 Å². The molecular formula is C24H29NO8. The summed E-state index contributed by atoms with van der Waals surface area (Å²) in [7, 11) is 0. The van der Waals surface area contributed by atoms with E-state index in [0.29, 0.717) is 44.3 Å². The zero-order chi connectivity index (χ0) is 23.5. The van der Waals surface area contributed by atoms with E-state index in [1.807, 2.05) is 24.3 Å². The molecule has 9 heteroatoms. The predicted octanol–water partition coefficient (Wildman–Crippen LogP) is 2.86. The molecular weight excluding hydrogens is 430 g/mol. The normalized spacial score (nSPS) is 14.5. The van der Waals surface area contributed by atoms with Crippen LogP contribution in [-0.2, 0) is 23.7 Å². The molecule has 1 aliphatic heterocycles. The third-order valence-corrected chi connectivity index (χ3v) is 4.53. The van der Waals surface area contributed by atoms with E-state index < -0.39 is 12.1 Å². The van der Waals surface area contributed by atoms with Crippen LogP contribution < -0.4 is 14.8 Å². The maximum Gasteiger partial charge on any atom is 0.412 e. The Kier molecular flexibility index (Phi) is 9.49. The summed E-state index contributed by atoms with van der Waals surface area (Å²) < 4.78 is 31.7. The van der Waals surface area contributed by atoms with Crippen molar-refractivity contribution in [3.8, 4) is 11.5 Å². The van der Waals surface area contributed by atoms with Gasteiger partial charge in [-0.15, -0.1) is 0 Å². The molecule has 0 aromatic heterocycles. The fourth-order valence-corrected chi connectivity index (χ4v) is 2.72. The number of amides is 1. The minimum absolute atomic E-state index is 0.165. The molecule has 1 atom stereocenters. The van der Waals surface area contributed by atoms with Gasteiger partial charge >= 0.3 is 12.1 Å². The molecule has 9 nitrogen and oxygen atoms in total. The molecule has 1 fully saturated rings. The van der Waals surface area contributed by atoms with E-state index in [2.05, 4.69) is 11.9 Å². The molecule has 2 aromatic carbocycles. The van der Waals surface area contributed by atoms with Gasteiger partial charge < -0.3 is 33.7 Å². The van der Waals surface area contributed by atoms with Crippen molar-refractivity contribution in [2.24, 2.45) is 0 Å². The molecule has 2 aromatic rings. The third-order valence-electron chi connectivity index (χ3n) is 4.53. The molecule has 3 rings (SSSR count). The molecule has 1 aliphatic rings. The minimum Gasteiger partial charge on any atom is -0.491 e. The molecule has 0 saturated carbocycles. The van der Waals surface area contributed by atoms with Gasteiger partial charge in [-0.25, -0.2) is 9.59 Å². The molecule has 33 heavy (non-hydrogen) atoms. The van der Waals surface area contributed by atoms with Crippen LogP contribution in [0.3, 0.4) is 0 Å². The summed E-state index contributed by atoms with van der Waals surface area (Å²) in [6.07, 6.45) is -0.350. The number of hydrogen-bond donors (Lipinski definition) is 1. The lowest BCUT2D eigenvalue weighted by molar-refractivity contribution is -0.140. The highest BCUT2D eigenvalue weighted by molar-refractivity contribution is 5.87. The summed E-state index contributed by atoms with van der Waals surface area (Å²) >= 11 is 0. The van der Waals surface area contributed by atoms with Crippen LogP contribution in [0.1, 0.15) is 6.92 Å². The van der Waals surface area contributed by atoms with Gasteiger partial charge in [0, 0.05) is 12.1 Å². The fourth-order valence-electron chi connectivity index (χ4n) is 2.72. The Labute approximate surface area is 192 Å². The number of fused-ring (bicyclic) bond motifs is 1. The number of ether oxygens (including phenoxy) is 6. The first-order chi connectivity index (χ1) is 16.0. The molecule has 1 N–H and O–H groups in total. The summed E-state index contributed by atoms with van der Waals surface area (Å²) in [5.74, 6) is 0.790. The number of esters is 1. The standard InChI is InChI=1S/C24H29NO8/c1-17(2)23(26)30-12-11-29-10-9-28-8-7-25-24(27)33-21-6-4-18-13-20(5-3-19(18)14-21)31-15-22-16-32-22/h3-6,13-14,22H,1,7-12,15-16H2,2H3,(H,25,27). The third kappa shape index (κ3) is 9.09. The van der Waals surface area contributed by atoms with Gasteiger partial charge in [0.15, 0.2) is 0 Å². The van der Waals surface area contributed by atoms with Crippen molar-refractivity contribution in [3.05, 3.63) is 48.6 Å². The number of benzene rings is 2. The second-order valence-corrected chi connectivity index (χ2v) is 7.39. The van der Waals surface area contributed by atoms with Gasteiger partial charge in [-0.1, -0.05) is 18.7 Å². The van der Waals surface area contributed by atoms with Crippen LogP contribution in [0.25, 0.3) is 10.8 Å². The van der Waals surface area contributed by atoms with Crippen molar-refractivity contribution in [3.63, 3.8) is 0 Å². The van der Waals surface area contributed by atoms with Crippen molar-refractivity contribution in [2.75, 3.05) is 52.8 Å². The van der Waals surface area contributed by atoms with Crippen LogP contribution in [0.15, 0.2) is 48.6 Å². The highest BCUT2D eigenvalue weighted by Gasteiger charge is 2.23. The van der Waals surface area contributed by atoms with Gasteiger partial charge in [-0.05, 0) is 42.0 Å². The first-order valence-electron chi connectivity index (χ1n) is 10.7.